The molecule has 0 spiro atoms. The number of amides is 1. The van der Waals surface area contributed by atoms with Gasteiger partial charge in [-0.05, 0) is 61.9 Å². The van der Waals surface area contributed by atoms with Crippen molar-refractivity contribution in [3.8, 4) is 0 Å². The monoisotopic (exact) mass is 446 g/mol. The molecule has 0 unspecified atom stereocenters. The maximum absolute atomic E-state index is 12.5. The molecule has 1 saturated heterocycles. The van der Waals surface area contributed by atoms with Gasteiger partial charge in [-0.25, -0.2) is 4.98 Å². The third-order valence-electron chi connectivity index (χ3n) is 7.08. The number of fused-ring (bicyclic) bond motifs is 3. The molecule has 33 heavy (non-hydrogen) atoms. The number of hydrogen-bond donors (Lipinski definition) is 2. The van der Waals surface area contributed by atoms with Gasteiger partial charge in [0.15, 0.2) is 0 Å². The van der Waals surface area contributed by atoms with Crippen LogP contribution in [-0.4, -0.2) is 59.0 Å². The Morgan fingerprint density at radius 3 is 2.61 bits per heavy atom. The second-order valence-corrected chi connectivity index (χ2v) is 9.04. The number of carbonyl (C=O) groups excluding carboxylic acids is 1. The number of hydrogen-bond acceptors (Lipinski definition) is 6. The van der Waals surface area contributed by atoms with E-state index in [2.05, 4.69) is 32.0 Å². The number of anilines is 1. The van der Waals surface area contributed by atoms with Crippen LogP contribution in [0.1, 0.15) is 44.9 Å². The molecule has 0 bridgehead atoms. The summed E-state index contributed by atoms with van der Waals surface area (Å²) in [5.41, 5.74) is 8.67. The van der Waals surface area contributed by atoms with Crippen molar-refractivity contribution < 1.29 is 4.79 Å². The summed E-state index contributed by atoms with van der Waals surface area (Å²) in [6.07, 6.45) is 4.83. The van der Waals surface area contributed by atoms with Crippen molar-refractivity contribution in [1.82, 2.24) is 25.2 Å². The Hall–Kier alpha value is -3.26. The molecule has 3 aromatic rings. The number of piperazine rings is 1. The summed E-state index contributed by atoms with van der Waals surface area (Å²) in [6.45, 7) is 8.50. The van der Waals surface area contributed by atoms with E-state index in [-0.39, 0.29) is 11.5 Å². The number of carbonyl (C=O) groups is 1. The van der Waals surface area contributed by atoms with Crippen LogP contribution in [0.15, 0.2) is 23.1 Å². The van der Waals surface area contributed by atoms with Gasteiger partial charge in [0.25, 0.3) is 11.5 Å². The quantitative estimate of drug-likeness (QED) is 0.638. The Bertz CT molecular complexity index is 1290. The molecule has 0 atom stereocenters. The predicted molar refractivity (Wildman–Crippen MR) is 129 cm³/mol. The molecule has 4 heterocycles. The summed E-state index contributed by atoms with van der Waals surface area (Å²) in [5.74, 6) is -0.167. The third kappa shape index (κ3) is 3.88. The van der Waals surface area contributed by atoms with Crippen LogP contribution in [0, 0.1) is 13.8 Å². The first-order chi connectivity index (χ1) is 16.0. The Kier molecular flexibility index (Phi) is 5.62. The molecule has 1 amide bonds. The Morgan fingerprint density at radius 2 is 1.88 bits per heavy atom. The van der Waals surface area contributed by atoms with Gasteiger partial charge >= 0.3 is 0 Å². The van der Waals surface area contributed by atoms with E-state index in [0.29, 0.717) is 5.69 Å². The molecule has 2 aliphatic rings. The second-order valence-electron chi connectivity index (χ2n) is 9.04. The molecule has 5 rings (SSSR count). The van der Waals surface area contributed by atoms with Crippen molar-refractivity contribution in [3.63, 3.8) is 0 Å². The van der Waals surface area contributed by atoms with Crippen LogP contribution in [-0.2, 0) is 19.4 Å². The molecule has 1 aliphatic carbocycles. The lowest BCUT2D eigenvalue weighted by molar-refractivity contribution is 0.0958. The van der Waals surface area contributed by atoms with Crippen molar-refractivity contribution in [2.24, 2.45) is 0 Å². The Labute approximate surface area is 193 Å². The van der Waals surface area contributed by atoms with Gasteiger partial charge in [0.1, 0.15) is 5.69 Å². The van der Waals surface area contributed by atoms with Gasteiger partial charge in [-0.15, -0.1) is 0 Å². The molecule has 1 fully saturated rings. The first-order valence-corrected chi connectivity index (χ1v) is 11.7. The van der Waals surface area contributed by atoms with Crippen LogP contribution in [0.4, 0.5) is 5.69 Å². The van der Waals surface area contributed by atoms with Gasteiger partial charge in [0.05, 0.1) is 22.4 Å². The van der Waals surface area contributed by atoms with E-state index in [1.807, 2.05) is 19.2 Å². The number of nitrogens with zero attached hydrogens (tertiary/aromatic N) is 4. The van der Waals surface area contributed by atoms with E-state index in [9.17, 15) is 9.59 Å². The summed E-state index contributed by atoms with van der Waals surface area (Å²) in [4.78, 5) is 41.5. The fourth-order valence-electron chi connectivity index (χ4n) is 5.16. The number of nitrogens with one attached hydrogen (secondary N) is 2. The van der Waals surface area contributed by atoms with Crippen LogP contribution in [0.5, 0.6) is 0 Å². The predicted octanol–water partition coefficient (Wildman–Crippen LogP) is 2.11. The minimum atomic E-state index is -0.167. The second kappa shape index (κ2) is 8.59. The fraction of sp³-hybridized carbons (Fsp3) is 0.440. The highest BCUT2D eigenvalue weighted by Gasteiger charge is 2.23. The van der Waals surface area contributed by atoms with Crippen molar-refractivity contribution in [2.75, 3.05) is 38.1 Å². The lowest BCUT2D eigenvalue weighted by Gasteiger charge is -2.36. The number of aromatic nitrogens is 3. The van der Waals surface area contributed by atoms with E-state index < -0.39 is 0 Å². The van der Waals surface area contributed by atoms with Crippen molar-refractivity contribution in [3.05, 3.63) is 62.3 Å². The van der Waals surface area contributed by atoms with Gasteiger partial charge in [-0.2, -0.15) is 0 Å². The lowest BCUT2D eigenvalue weighted by atomic mass is 10.0. The molecule has 1 aliphatic heterocycles. The summed E-state index contributed by atoms with van der Waals surface area (Å²) in [7, 11) is 1.61. The Morgan fingerprint density at radius 1 is 1.12 bits per heavy atom. The van der Waals surface area contributed by atoms with E-state index in [0.717, 1.165) is 96.7 Å². The molecule has 3 aromatic heterocycles. The number of rotatable bonds is 4. The highest BCUT2D eigenvalue weighted by atomic mass is 16.1. The summed E-state index contributed by atoms with van der Waals surface area (Å²) in [5, 5.41) is 2.62. The van der Waals surface area contributed by atoms with Gasteiger partial charge in [0, 0.05) is 51.5 Å². The topological polar surface area (TPSA) is 94.2 Å². The zero-order valence-electron chi connectivity index (χ0n) is 19.5. The Balaban J connectivity index is 1.30. The van der Waals surface area contributed by atoms with Gasteiger partial charge in [0.2, 0.25) is 0 Å². The minimum Gasteiger partial charge on any atom is -0.368 e. The molecule has 0 saturated carbocycles. The molecule has 8 heteroatoms. The number of aryl methyl sites for hydroxylation is 3. The molecule has 0 radical (unpaired) electrons. The van der Waals surface area contributed by atoms with Crippen LogP contribution in [0.25, 0.3) is 11.0 Å². The van der Waals surface area contributed by atoms with Crippen molar-refractivity contribution in [2.45, 2.75) is 39.7 Å². The molecule has 2 N–H and O–H groups in total. The van der Waals surface area contributed by atoms with Crippen LogP contribution < -0.4 is 15.8 Å². The molecule has 172 valence electrons. The van der Waals surface area contributed by atoms with Crippen molar-refractivity contribution in [1.29, 1.82) is 0 Å². The van der Waals surface area contributed by atoms with Crippen LogP contribution >= 0.6 is 0 Å². The third-order valence-corrected chi connectivity index (χ3v) is 7.08. The number of aromatic amines is 1. The van der Waals surface area contributed by atoms with E-state index in [1.165, 1.54) is 0 Å². The summed E-state index contributed by atoms with van der Waals surface area (Å²) in [6, 6.07) is 3.78. The minimum absolute atomic E-state index is 0.0529. The average Bonchev–Trinajstić information content (AvgIpc) is 3.32. The largest absolute Gasteiger partial charge is 0.368 e. The van der Waals surface area contributed by atoms with E-state index in [4.69, 9.17) is 4.98 Å². The smallest absolute Gasteiger partial charge is 0.269 e. The lowest BCUT2D eigenvalue weighted by Crippen LogP contribution is -2.46. The molecular weight excluding hydrogens is 416 g/mol. The summed E-state index contributed by atoms with van der Waals surface area (Å²) >= 11 is 0. The average molecular weight is 447 g/mol. The molecule has 0 aromatic carbocycles. The van der Waals surface area contributed by atoms with E-state index in [1.54, 1.807) is 13.1 Å². The van der Waals surface area contributed by atoms with Crippen LogP contribution in [0.3, 0.4) is 0 Å². The summed E-state index contributed by atoms with van der Waals surface area (Å²) < 4.78 is 0. The fourth-order valence-corrected chi connectivity index (χ4v) is 5.16. The van der Waals surface area contributed by atoms with Gasteiger partial charge in [-0.1, -0.05) is 0 Å². The maximum Gasteiger partial charge on any atom is 0.269 e. The normalized spacial score (nSPS) is 16.3. The molecule has 8 nitrogen and oxygen atoms in total. The first kappa shape index (κ1) is 21.6. The highest BCUT2D eigenvalue weighted by molar-refractivity contribution is 5.92. The molecular formula is C25H30N6O2. The standard InChI is InChI=1S/C25H30N6O2/c1-15-17(13-27-23-18-5-4-6-19(18)24(32)29-22(15)23)14-30-9-11-31(12-10-30)21-8-7-20(25(33)26-3)28-16(21)2/h7-8,13H,4-6,9-12,14H2,1-3H3,(H,26,33)(H,29,32). The van der Waals surface area contributed by atoms with Gasteiger partial charge in [-0.3, -0.25) is 19.5 Å². The zero-order valence-corrected chi connectivity index (χ0v) is 19.5. The van der Waals surface area contributed by atoms with Gasteiger partial charge < -0.3 is 15.2 Å². The SMILES string of the molecule is CNC(=O)c1ccc(N2CCN(Cc3cnc4c5c(c(=O)[nH]c4c3C)CCC5)CC2)c(C)n1. The number of pyridine rings is 3. The maximum atomic E-state index is 12.5. The first-order valence-electron chi connectivity index (χ1n) is 11.7. The van der Waals surface area contributed by atoms with Crippen molar-refractivity contribution >= 4 is 22.6 Å². The van der Waals surface area contributed by atoms with Crippen LogP contribution in [0.2, 0.25) is 0 Å². The highest BCUT2D eigenvalue weighted by Crippen LogP contribution is 2.28. The number of H-pyrrole nitrogens is 1. The zero-order chi connectivity index (χ0) is 23.1. The van der Waals surface area contributed by atoms with E-state index >= 15 is 0 Å².